The molecule has 0 fully saturated rings. The number of nitrogens with one attached hydrogen (secondary N) is 2. The third-order valence-corrected chi connectivity index (χ3v) is 5.47. The first-order valence-electron chi connectivity index (χ1n) is 8.62. The number of methoxy groups -OCH3 is 1. The summed E-state index contributed by atoms with van der Waals surface area (Å²) in [5.74, 6) is -0.777. The summed E-state index contributed by atoms with van der Waals surface area (Å²) in [7, 11) is -2.51. The van der Waals surface area contributed by atoms with Crippen LogP contribution >= 0.6 is 0 Å². The van der Waals surface area contributed by atoms with E-state index in [0.717, 1.165) is 0 Å². The van der Waals surface area contributed by atoms with Crippen LogP contribution in [0, 0.1) is 0 Å². The highest BCUT2D eigenvalue weighted by Gasteiger charge is 2.17. The van der Waals surface area contributed by atoms with E-state index in [0.29, 0.717) is 11.3 Å². The molecular formula is C20H18N4O5S. The Bertz CT molecular complexity index is 1180. The van der Waals surface area contributed by atoms with Gasteiger partial charge in [0.1, 0.15) is 5.75 Å². The van der Waals surface area contributed by atoms with Crippen LogP contribution in [-0.2, 0) is 10.0 Å². The topological polar surface area (TPSA) is 140 Å². The summed E-state index contributed by atoms with van der Waals surface area (Å²) in [6, 6.07) is 12.9. The fraction of sp³-hybridized carbons (Fsp3) is 0.0500. The molecule has 0 bridgehead atoms. The molecule has 10 heteroatoms. The van der Waals surface area contributed by atoms with Gasteiger partial charge < -0.3 is 15.8 Å². The number of carbonyl (C=O) groups is 2. The largest absolute Gasteiger partial charge is 0.494 e. The van der Waals surface area contributed by atoms with Crippen molar-refractivity contribution in [2.24, 2.45) is 5.73 Å². The summed E-state index contributed by atoms with van der Waals surface area (Å²) in [4.78, 5) is 27.3. The lowest BCUT2D eigenvalue weighted by atomic mass is 10.2. The molecule has 2 aromatic carbocycles. The number of hydrogen-bond donors (Lipinski definition) is 3. The average Bonchev–Trinajstić information content (AvgIpc) is 2.75. The Morgan fingerprint density at radius 1 is 1.03 bits per heavy atom. The van der Waals surface area contributed by atoms with Crippen molar-refractivity contribution in [2.75, 3.05) is 17.1 Å². The van der Waals surface area contributed by atoms with E-state index in [2.05, 4.69) is 15.0 Å². The lowest BCUT2D eigenvalue weighted by molar-refractivity contribution is 0.0997. The highest BCUT2D eigenvalue weighted by Crippen LogP contribution is 2.29. The second-order valence-electron chi connectivity index (χ2n) is 6.11. The predicted octanol–water partition coefficient (Wildman–Crippen LogP) is 2.24. The lowest BCUT2D eigenvalue weighted by Gasteiger charge is -2.13. The van der Waals surface area contributed by atoms with Gasteiger partial charge in [0.05, 0.1) is 28.9 Å². The van der Waals surface area contributed by atoms with Crippen molar-refractivity contribution in [1.82, 2.24) is 4.98 Å². The zero-order chi connectivity index (χ0) is 21.7. The standard InChI is InChI=1S/C20H18N4O5S/c1-29-18-11-15(6-9-17(18)23-20(26)14-3-2-10-22-12-14)24-30(27,28)16-7-4-13(5-8-16)19(21)25/h2-12,24H,1H3,(H2,21,25)(H,23,26). The molecule has 0 radical (unpaired) electrons. The second-order valence-corrected chi connectivity index (χ2v) is 7.79. The smallest absolute Gasteiger partial charge is 0.261 e. The van der Waals surface area contributed by atoms with Crippen LogP contribution in [-0.4, -0.2) is 32.3 Å². The molecule has 30 heavy (non-hydrogen) atoms. The average molecular weight is 426 g/mol. The molecule has 4 N–H and O–H groups in total. The normalized spacial score (nSPS) is 10.8. The predicted molar refractivity (Wildman–Crippen MR) is 111 cm³/mol. The summed E-state index contributed by atoms with van der Waals surface area (Å²) in [5, 5.41) is 2.69. The number of pyridine rings is 1. The number of sulfonamides is 1. The highest BCUT2D eigenvalue weighted by atomic mass is 32.2. The maximum Gasteiger partial charge on any atom is 0.261 e. The molecule has 0 aliphatic rings. The van der Waals surface area contributed by atoms with E-state index in [9.17, 15) is 18.0 Å². The van der Waals surface area contributed by atoms with Crippen LogP contribution in [0.3, 0.4) is 0 Å². The zero-order valence-corrected chi connectivity index (χ0v) is 16.6. The second kappa shape index (κ2) is 8.62. The van der Waals surface area contributed by atoms with E-state index >= 15 is 0 Å². The van der Waals surface area contributed by atoms with Crippen molar-refractivity contribution in [3.63, 3.8) is 0 Å². The van der Waals surface area contributed by atoms with E-state index in [-0.39, 0.29) is 27.8 Å². The van der Waals surface area contributed by atoms with Crippen molar-refractivity contribution < 1.29 is 22.7 Å². The Hall–Kier alpha value is -3.92. The molecule has 3 rings (SSSR count). The van der Waals surface area contributed by atoms with Crippen molar-refractivity contribution in [3.8, 4) is 5.75 Å². The quantitative estimate of drug-likeness (QED) is 0.529. The molecule has 0 atom stereocenters. The number of hydrogen-bond acceptors (Lipinski definition) is 6. The van der Waals surface area contributed by atoms with Gasteiger partial charge >= 0.3 is 0 Å². The van der Waals surface area contributed by atoms with Crippen molar-refractivity contribution in [3.05, 3.63) is 78.1 Å². The lowest BCUT2D eigenvalue weighted by Crippen LogP contribution is -2.15. The minimum Gasteiger partial charge on any atom is -0.494 e. The Morgan fingerprint density at radius 3 is 2.37 bits per heavy atom. The number of benzene rings is 2. The van der Waals surface area contributed by atoms with E-state index in [1.807, 2.05) is 0 Å². The van der Waals surface area contributed by atoms with Crippen LogP contribution in [0.25, 0.3) is 0 Å². The number of aromatic nitrogens is 1. The fourth-order valence-electron chi connectivity index (χ4n) is 2.56. The Balaban J connectivity index is 1.80. The number of carbonyl (C=O) groups excluding carboxylic acids is 2. The Labute approximate surface area is 172 Å². The molecule has 0 aliphatic carbocycles. The van der Waals surface area contributed by atoms with E-state index < -0.39 is 15.9 Å². The summed E-state index contributed by atoms with van der Waals surface area (Å²) in [6.07, 6.45) is 2.98. The number of amides is 2. The number of rotatable bonds is 7. The third-order valence-electron chi connectivity index (χ3n) is 4.07. The molecule has 154 valence electrons. The van der Waals surface area contributed by atoms with Gasteiger partial charge in [0, 0.05) is 24.0 Å². The maximum atomic E-state index is 12.6. The van der Waals surface area contributed by atoms with E-state index in [1.165, 1.54) is 55.8 Å². The number of anilines is 2. The van der Waals surface area contributed by atoms with Crippen molar-refractivity contribution in [2.45, 2.75) is 4.90 Å². The first-order chi connectivity index (χ1) is 14.3. The first-order valence-corrected chi connectivity index (χ1v) is 10.1. The van der Waals surface area contributed by atoms with Gasteiger partial charge in [-0.3, -0.25) is 19.3 Å². The van der Waals surface area contributed by atoms with Crippen molar-refractivity contribution in [1.29, 1.82) is 0 Å². The van der Waals surface area contributed by atoms with Gasteiger partial charge in [-0.25, -0.2) is 8.42 Å². The zero-order valence-electron chi connectivity index (χ0n) is 15.8. The summed E-state index contributed by atoms with van der Waals surface area (Å²) in [6.45, 7) is 0. The van der Waals surface area contributed by atoms with Crippen LogP contribution < -0.4 is 20.5 Å². The monoisotopic (exact) mass is 426 g/mol. The van der Waals surface area contributed by atoms with Gasteiger partial charge in [0.15, 0.2) is 0 Å². The molecule has 1 aromatic heterocycles. The van der Waals surface area contributed by atoms with Gasteiger partial charge in [-0.1, -0.05) is 0 Å². The molecule has 0 saturated carbocycles. The molecule has 0 unspecified atom stereocenters. The Kier molecular flexibility index (Phi) is 5.98. The van der Waals surface area contributed by atoms with Crippen LogP contribution in [0.2, 0.25) is 0 Å². The fourth-order valence-corrected chi connectivity index (χ4v) is 3.61. The summed E-state index contributed by atoms with van der Waals surface area (Å²) < 4.78 is 32.9. The van der Waals surface area contributed by atoms with Crippen LogP contribution in [0.15, 0.2) is 71.9 Å². The molecule has 0 spiro atoms. The molecule has 9 nitrogen and oxygen atoms in total. The van der Waals surface area contributed by atoms with Gasteiger partial charge in [0.25, 0.3) is 15.9 Å². The minimum absolute atomic E-state index is 0.0413. The van der Waals surface area contributed by atoms with Crippen molar-refractivity contribution >= 4 is 33.2 Å². The summed E-state index contributed by atoms with van der Waals surface area (Å²) >= 11 is 0. The third kappa shape index (κ3) is 4.73. The molecule has 0 saturated heterocycles. The van der Waals surface area contributed by atoms with Crippen LogP contribution in [0.4, 0.5) is 11.4 Å². The highest BCUT2D eigenvalue weighted by molar-refractivity contribution is 7.92. The number of ether oxygens (including phenoxy) is 1. The maximum absolute atomic E-state index is 12.6. The van der Waals surface area contributed by atoms with Crippen LogP contribution in [0.1, 0.15) is 20.7 Å². The first kappa shape index (κ1) is 20.8. The molecular weight excluding hydrogens is 408 g/mol. The molecule has 3 aromatic rings. The van der Waals surface area contributed by atoms with Gasteiger partial charge in [-0.2, -0.15) is 0 Å². The SMILES string of the molecule is COc1cc(NS(=O)(=O)c2ccc(C(N)=O)cc2)ccc1NC(=O)c1cccnc1. The van der Waals surface area contributed by atoms with Gasteiger partial charge in [0.2, 0.25) is 5.91 Å². The number of nitrogens with zero attached hydrogens (tertiary/aromatic N) is 1. The van der Waals surface area contributed by atoms with Gasteiger partial charge in [-0.05, 0) is 48.5 Å². The van der Waals surface area contributed by atoms with E-state index in [4.69, 9.17) is 10.5 Å². The molecule has 0 aliphatic heterocycles. The minimum atomic E-state index is -3.91. The van der Waals surface area contributed by atoms with Crippen LogP contribution in [0.5, 0.6) is 5.75 Å². The Morgan fingerprint density at radius 2 is 1.77 bits per heavy atom. The van der Waals surface area contributed by atoms with E-state index in [1.54, 1.807) is 18.3 Å². The molecule has 2 amide bonds. The van der Waals surface area contributed by atoms with Gasteiger partial charge in [-0.15, -0.1) is 0 Å². The molecule has 1 heterocycles. The number of nitrogens with two attached hydrogens (primary N) is 1. The summed E-state index contributed by atoms with van der Waals surface area (Å²) in [5.41, 5.74) is 6.31. The number of primary amides is 1.